The van der Waals surface area contributed by atoms with E-state index in [1.807, 2.05) is 30.3 Å². The summed E-state index contributed by atoms with van der Waals surface area (Å²) in [5.74, 6) is 0.659. The summed E-state index contributed by atoms with van der Waals surface area (Å²) in [6.07, 6.45) is 0. The van der Waals surface area contributed by atoms with Crippen LogP contribution in [0.5, 0.6) is 5.75 Å². The second-order valence-electron chi connectivity index (χ2n) is 3.96. The molecule has 5 heteroatoms. The summed E-state index contributed by atoms with van der Waals surface area (Å²) in [6, 6.07) is 14.4. The second kappa shape index (κ2) is 6.33. The average Bonchev–Trinajstić information content (AvgIpc) is 2.45. The van der Waals surface area contributed by atoms with Crippen LogP contribution >= 0.6 is 15.9 Å². The molecule has 2 rings (SSSR count). The highest BCUT2D eigenvalue weighted by molar-refractivity contribution is 9.08. The van der Waals surface area contributed by atoms with Gasteiger partial charge >= 0.3 is 0 Å². The van der Waals surface area contributed by atoms with Crippen LogP contribution in [0, 0.1) is 10.1 Å². The van der Waals surface area contributed by atoms with Crippen molar-refractivity contribution in [1.82, 2.24) is 0 Å². The van der Waals surface area contributed by atoms with Crippen LogP contribution in [0.15, 0.2) is 48.5 Å². The smallest absolute Gasteiger partial charge is 0.270 e. The predicted octanol–water partition coefficient (Wildman–Crippen LogP) is 4.07. The molecule has 0 aromatic heterocycles. The van der Waals surface area contributed by atoms with E-state index in [9.17, 15) is 10.1 Å². The Morgan fingerprint density at radius 3 is 2.53 bits per heavy atom. The number of non-ortho nitro benzene ring substituents is 1. The standard InChI is InChI=1S/C14H12BrNO3/c15-9-12-8-13(16(17)18)6-7-14(12)19-10-11-4-2-1-3-5-11/h1-8H,9-10H2. The minimum atomic E-state index is -0.410. The molecule has 98 valence electrons. The Balaban J connectivity index is 2.14. The number of hydrogen-bond donors (Lipinski definition) is 0. The first-order chi connectivity index (χ1) is 9.20. The van der Waals surface area contributed by atoms with Gasteiger partial charge in [-0.15, -0.1) is 0 Å². The van der Waals surface area contributed by atoms with Crippen LogP contribution in [0.4, 0.5) is 5.69 Å². The van der Waals surface area contributed by atoms with Crippen molar-refractivity contribution in [3.8, 4) is 5.75 Å². The van der Waals surface area contributed by atoms with Gasteiger partial charge in [0, 0.05) is 23.0 Å². The topological polar surface area (TPSA) is 52.4 Å². The molecule has 19 heavy (non-hydrogen) atoms. The lowest BCUT2D eigenvalue weighted by Crippen LogP contribution is -1.98. The second-order valence-corrected chi connectivity index (χ2v) is 4.52. The maximum Gasteiger partial charge on any atom is 0.270 e. The van der Waals surface area contributed by atoms with Crippen LogP contribution in [0.2, 0.25) is 0 Å². The Kier molecular flexibility index (Phi) is 4.52. The minimum Gasteiger partial charge on any atom is -0.489 e. The lowest BCUT2D eigenvalue weighted by atomic mass is 10.2. The number of benzene rings is 2. The van der Waals surface area contributed by atoms with Crippen LogP contribution in [0.25, 0.3) is 0 Å². The van der Waals surface area contributed by atoms with Gasteiger partial charge in [-0.1, -0.05) is 46.3 Å². The molecular weight excluding hydrogens is 310 g/mol. The maximum absolute atomic E-state index is 10.7. The lowest BCUT2D eigenvalue weighted by molar-refractivity contribution is -0.384. The number of alkyl halides is 1. The minimum absolute atomic E-state index is 0.0708. The molecule has 2 aromatic carbocycles. The van der Waals surface area contributed by atoms with E-state index in [1.165, 1.54) is 12.1 Å². The number of halogens is 1. The molecule has 0 N–H and O–H groups in total. The zero-order chi connectivity index (χ0) is 13.7. The highest BCUT2D eigenvalue weighted by Gasteiger charge is 2.11. The van der Waals surface area contributed by atoms with Crippen molar-refractivity contribution >= 4 is 21.6 Å². The number of hydrogen-bond acceptors (Lipinski definition) is 3. The van der Waals surface area contributed by atoms with Crippen molar-refractivity contribution in [2.24, 2.45) is 0 Å². The van der Waals surface area contributed by atoms with Gasteiger partial charge in [0.1, 0.15) is 12.4 Å². The first-order valence-corrected chi connectivity index (χ1v) is 6.83. The van der Waals surface area contributed by atoms with Gasteiger partial charge in [0.25, 0.3) is 5.69 Å². The molecule has 4 nitrogen and oxygen atoms in total. The average molecular weight is 322 g/mol. The Hall–Kier alpha value is -1.88. The molecule has 0 radical (unpaired) electrons. The third kappa shape index (κ3) is 3.54. The first-order valence-electron chi connectivity index (χ1n) is 5.70. The first kappa shape index (κ1) is 13.5. The number of ether oxygens (including phenoxy) is 1. The van der Waals surface area contributed by atoms with E-state index >= 15 is 0 Å². The van der Waals surface area contributed by atoms with Gasteiger partial charge in [-0.05, 0) is 11.6 Å². The van der Waals surface area contributed by atoms with Crippen molar-refractivity contribution < 1.29 is 9.66 Å². The van der Waals surface area contributed by atoms with E-state index in [0.717, 1.165) is 11.1 Å². The van der Waals surface area contributed by atoms with Gasteiger partial charge in [0.05, 0.1) is 4.92 Å². The summed E-state index contributed by atoms with van der Waals surface area (Å²) in [5, 5.41) is 11.2. The fraction of sp³-hybridized carbons (Fsp3) is 0.143. The number of rotatable bonds is 5. The van der Waals surface area contributed by atoms with E-state index in [1.54, 1.807) is 6.07 Å². The molecule has 0 atom stereocenters. The zero-order valence-corrected chi connectivity index (χ0v) is 11.7. The molecule has 0 amide bonds. The highest BCUT2D eigenvalue weighted by Crippen LogP contribution is 2.26. The fourth-order valence-corrected chi connectivity index (χ4v) is 2.10. The van der Waals surface area contributed by atoms with Crippen molar-refractivity contribution in [2.75, 3.05) is 0 Å². The van der Waals surface area contributed by atoms with E-state index in [0.29, 0.717) is 17.7 Å². The normalized spacial score (nSPS) is 10.2. The summed E-state index contributed by atoms with van der Waals surface area (Å²) >= 11 is 3.32. The summed E-state index contributed by atoms with van der Waals surface area (Å²) < 4.78 is 5.70. The zero-order valence-electron chi connectivity index (χ0n) is 10.1. The van der Waals surface area contributed by atoms with Crippen LogP contribution in [-0.4, -0.2) is 4.92 Å². The van der Waals surface area contributed by atoms with Crippen LogP contribution < -0.4 is 4.74 Å². The van der Waals surface area contributed by atoms with E-state index in [2.05, 4.69) is 15.9 Å². The van der Waals surface area contributed by atoms with Gasteiger partial charge in [0.15, 0.2) is 0 Å². The third-order valence-corrected chi connectivity index (χ3v) is 3.24. The molecule has 0 saturated heterocycles. The van der Waals surface area contributed by atoms with Gasteiger partial charge in [-0.2, -0.15) is 0 Å². The van der Waals surface area contributed by atoms with Crippen molar-refractivity contribution in [3.63, 3.8) is 0 Å². The Labute approximate surface area is 119 Å². The molecule has 0 heterocycles. The number of nitro benzene ring substituents is 1. The molecule has 0 aliphatic rings. The van der Waals surface area contributed by atoms with Crippen LogP contribution in [-0.2, 0) is 11.9 Å². The maximum atomic E-state index is 10.7. The van der Waals surface area contributed by atoms with Crippen molar-refractivity contribution in [2.45, 2.75) is 11.9 Å². The number of nitro groups is 1. The Morgan fingerprint density at radius 1 is 1.16 bits per heavy atom. The summed E-state index contributed by atoms with van der Waals surface area (Å²) in [7, 11) is 0. The molecule has 0 spiro atoms. The Bertz CT molecular complexity index is 572. The third-order valence-electron chi connectivity index (χ3n) is 2.64. The highest BCUT2D eigenvalue weighted by atomic mass is 79.9. The van der Waals surface area contributed by atoms with E-state index in [4.69, 9.17) is 4.74 Å². The van der Waals surface area contributed by atoms with E-state index < -0.39 is 4.92 Å². The summed E-state index contributed by atoms with van der Waals surface area (Å²) in [6.45, 7) is 0.443. The lowest BCUT2D eigenvalue weighted by Gasteiger charge is -2.09. The number of nitrogens with zero attached hydrogens (tertiary/aromatic N) is 1. The van der Waals surface area contributed by atoms with Crippen molar-refractivity contribution in [3.05, 3.63) is 69.8 Å². The van der Waals surface area contributed by atoms with E-state index in [-0.39, 0.29) is 5.69 Å². The largest absolute Gasteiger partial charge is 0.489 e. The monoisotopic (exact) mass is 321 g/mol. The molecule has 0 fully saturated rings. The van der Waals surface area contributed by atoms with Gasteiger partial charge in [0.2, 0.25) is 0 Å². The molecule has 0 bridgehead atoms. The molecule has 0 aliphatic heterocycles. The molecule has 0 aliphatic carbocycles. The molecule has 2 aromatic rings. The quantitative estimate of drug-likeness (QED) is 0.474. The van der Waals surface area contributed by atoms with Crippen LogP contribution in [0.3, 0.4) is 0 Å². The molecule has 0 unspecified atom stereocenters. The Morgan fingerprint density at radius 2 is 1.89 bits per heavy atom. The summed E-state index contributed by atoms with van der Waals surface area (Å²) in [4.78, 5) is 10.3. The molecular formula is C14H12BrNO3. The SMILES string of the molecule is O=[N+]([O-])c1ccc(OCc2ccccc2)c(CBr)c1. The van der Waals surface area contributed by atoms with Gasteiger partial charge < -0.3 is 4.74 Å². The fourth-order valence-electron chi connectivity index (χ4n) is 1.66. The van der Waals surface area contributed by atoms with Gasteiger partial charge in [-0.3, -0.25) is 10.1 Å². The van der Waals surface area contributed by atoms with Gasteiger partial charge in [-0.25, -0.2) is 0 Å². The molecule has 0 saturated carbocycles. The predicted molar refractivity (Wildman–Crippen MR) is 76.5 cm³/mol. The van der Waals surface area contributed by atoms with Crippen LogP contribution in [0.1, 0.15) is 11.1 Å². The van der Waals surface area contributed by atoms with Crippen molar-refractivity contribution in [1.29, 1.82) is 0 Å². The summed E-state index contributed by atoms with van der Waals surface area (Å²) in [5.41, 5.74) is 1.90.